The highest BCUT2D eigenvalue weighted by atomic mass is 16.5. The number of amides is 1. The molecule has 3 rings (SSSR count). The van der Waals surface area contributed by atoms with E-state index in [4.69, 9.17) is 4.52 Å². The molecule has 2 aromatic heterocycles. The maximum atomic E-state index is 12.2. The smallest absolute Gasteiger partial charge is 0.227 e. The monoisotopic (exact) mass is 325 g/mol. The highest BCUT2D eigenvalue weighted by molar-refractivity contribution is 5.90. The average Bonchev–Trinajstić information content (AvgIpc) is 3.12. The SMILES string of the molecule is Cc1ccc(-n2nc(C)cc2NC(=O)CCc2nc(C)no2)cc1. The van der Waals surface area contributed by atoms with Crippen molar-refractivity contribution in [2.75, 3.05) is 5.32 Å². The third-order valence-corrected chi connectivity index (χ3v) is 3.51. The Morgan fingerprint density at radius 2 is 1.96 bits per heavy atom. The first-order chi connectivity index (χ1) is 11.5. The number of nitrogens with one attached hydrogen (secondary N) is 1. The van der Waals surface area contributed by atoms with Crippen LogP contribution in [-0.4, -0.2) is 25.8 Å². The molecule has 1 aromatic carbocycles. The molecule has 0 radical (unpaired) electrons. The number of nitrogens with zero attached hydrogens (tertiary/aromatic N) is 4. The van der Waals surface area contributed by atoms with Crippen LogP contribution in [0.4, 0.5) is 5.82 Å². The maximum absolute atomic E-state index is 12.2. The molecule has 0 atom stereocenters. The first-order valence-electron chi connectivity index (χ1n) is 7.74. The summed E-state index contributed by atoms with van der Waals surface area (Å²) < 4.78 is 6.74. The van der Waals surface area contributed by atoms with Crippen LogP contribution >= 0.6 is 0 Å². The summed E-state index contributed by atoms with van der Waals surface area (Å²) in [5.74, 6) is 1.55. The summed E-state index contributed by atoms with van der Waals surface area (Å²) in [6.45, 7) is 5.66. The molecule has 1 N–H and O–H groups in total. The average molecular weight is 325 g/mol. The van der Waals surface area contributed by atoms with Crippen molar-refractivity contribution in [1.29, 1.82) is 0 Å². The number of hydrogen-bond donors (Lipinski definition) is 1. The number of rotatable bonds is 5. The van der Waals surface area contributed by atoms with Crippen LogP contribution in [0, 0.1) is 20.8 Å². The van der Waals surface area contributed by atoms with Crippen LogP contribution in [-0.2, 0) is 11.2 Å². The summed E-state index contributed by atoms with van der Waals surface area (Å²) in [6.07, 6.45) is 0.671. The quantitative estimate of drug-likeness (QED) is 0.779. The Kier molecular flexibility index (Phi) is 4.41. The molecule has 124 valence electrons. The van der Waals surface area contributed by atoms with Crippen LogP contribution in [0.1, 0.15) is 29.4 Å². The van der Waals surface area contributed by atoms with E-state index in [1.165, 1.54) is 5.56 Å². The summed E-state index contributed by atoms with van der Waals surface area (Å²) in [7, 11) is 0. The van der Waals surface area contributed by atoms with Crippen molar-refractivity contribution in [2.45, 2.75) is 33.6 Å². The Balaban J connectivity index is 1.70. The Hall–Kier alpha value is -2.96. The third-order valence-electron chi connectivity index (χ3n) is 3.51. The number of hydrogen-bond acceptors (Lipinski definition) is 5. The third kappa shape index (κ3) is 3.68. The Labute approximate surface area is 139 Å². The van der Waals surface area contributed by atoms with E-state index in [9.17, 15) is 4.79 Å². The minimum Gasteiger partial charge on any atom is -0.339 e. The predicted octanol–water partition coefficient (Wildman–Crippen LogP) is 2.75. The van der Waals surface area contributed by atoms with Gasteiger partial charge in [-0.3, -0.25) is 4.79 Å². The van der Waals surface area contributed by atoms with Gasteiger partial charge < -0.3 is 9.84 Å². The second-order valence-corrected chi connectivity index (χ2v) is 5.70. The molecule has 24 heavy (non-hydrogen) atoms. The molecular weight excluding hydrogens is 306 g/mol. The van der Waals surface area contributed by atoms with Gasteiger partial charge >= 0.3 is 0 Å². The molecule has 2 heterocycles. The van der Waals surface area contributed by atoms with E-state index in [1.807, 2.05) is 44.2 Å². The van der Waals surface area contributed by atoms with Gasteiger partial charge in [0.1, 0.15) is 5.82 Å². The van der Waals surface area contributed by atoms with E-state index in [0.717, 1.165) is 11.4 Å². The second-order valence-electron chi connectivity index (χ2n) is 5.70. The summed E-state index contributed by atoms with van der Waals surface area (Å²) in [4.78, 5) is 16.3. The number of aryl methyl sites for hydroxylation is 4. The van der Waals surface area contributed by atoms with E-state index in [2.05, 4.69) is 20.6 Å². The first kappa shape index (κ1) is 15.9. The molecule has 0 saturated heterocycles. The molecule has 3 aromatic rings. The lowest BCUT2D eigenvalue weighted by Gasteiger charge is -2.09. The number of aromatic nitrogens is 4. The molecule has 0 aliphatic carbocycles. The van der Waals surface area contributed by atoms with Crippen molar-refractivity contribution in [3.8, 4) is 5.69 Å². The maximum Gasteiger partial charge on any atom is 0.227 e. The van der Waals surface area contributed by atoms with Crippen LogP contribution in [0.3, 0.4) is 0 Å². The van der Waals surface area contributed by atoms with Gasteiger partial charge in [-0.15, -0.1) is 0 Å². The largest absolute Gasteiger partial charge is 0.339 e. The minimum absolute atomic E-state index is 0.126. The number of carbonyl (C=O) groups excluding carboxylic acids is 1. The fraction of sp³-hybridized carbons (Fsp3) is 0.294. The molecule has 0 fully saturated rings. The minimum atomic E-state index is -0.126. The molecule has 0 unspecified atom stereocenters. The molecule has 0 bridgehead atoms. The van der Waals surface area contributed by atoms with Gasteiger partial charge in [0, 0.05) is 18.9 Å². The molecule has 7 heteroatoms. The number of anilines is 1. The van der Waals surface area contributed by atoms with Crippen LogP contribution in [0.25, 0.3) is 5.69 Å². The molecule has 0 saturated carbocycles. The molecule has 0 aliphatic rings. The topological polar surface area (TPSA) is 85.8 Å². The fourth-order valence-electron chi connectivity index (χ4n) is 2.34. The standard InChI is InChI=1S/C17H19N5O2/c1-11-4-6-14(7-5-11)22-15(10-12(2)20-22)19-16(23)8-9-17-18-13(3)21-24-17/h4-7,10H,8-9H2,1-3H3,(H,19,23). The van der Waals surface area contributed by atoms with E-state index < -0.39 is 0 Å². The summed E-state index contributed by atoms with van der Waals surface area (Å²) in [5.41, 5.74) is 2.90. The van der Waals surface area contributed by atoms with Crippen LogP contribution in [0.15, 0.2) is 34.9 Å². The zero-order chi connectivity index (χ0) is 17.1. The van der Waals surface area contributed by atoms with Gasteiger partial charge in [0.2, 0.25) is 11.8 Å². The van der Waals surface area contributed by atoms with Gasteiger partial charge in [-0.2, -0.15) is 10.1 Å². The van der Waals surface area contributed by atoms with Crippen molar-refractivity contribution >= 4 is 11.7 Å². The first-order valence-corrected chi connectivity index (χ1v) is 7.74. The zero-order valence-corrected chi connectivity index (χ0v) is 13.9. The van der Waals surface area contributed by atoms with Gasteiger partial charge in [-0.1, -0.05) is 22.9 Å². The molecular formula is C17H19N5O2. The summed E-state index contributed by atoms with van der Waals surface area (Å²) >= 11 is 0. The molecule has 0 aliphatic heterocycles. The van der Waals surface area contributed by atoms with Gasteiger partial charge in [0.15, 0.2) is 5.82 Å². The Morgan fingerprint density at radius 1 is 1.21 bits per heavy atom. The van der Waals surface area contributed by atoms with Gasteiger partial charge in [-0.25, -0.2) is 4.68 Å². The Morgan fingerprint density at radius 3 is 2.62 bits per heavy atom. The lowest BCUT2D eigenvalue weighted by atomic mass is 10.2. The van der Waals surface area contributed by atoms with Crippen LogP contribution in [0.2, 0.25) is 0 Å². The Bertz CT molecular complexity index is 848. The fourth-order valence-corrected chi connectivity index (χ4v) is 2.34. The van der Waals surface area contributed by atoms with Crippen molar-refractivity contribution in [3.05, 3.63) is 53.3 Å². The highest BCUT2D eigenvalue weighted by Gasteiger charge is 2.12. The van der Waals surface area contributed by atoms with E-state index in [0.29, 0.717) is 24.0 Å². The van der Waals surface area contributed by atoms with E-state index >= 15 is 0 Å². The normalized spacial score (nSPS) is 10.8. The highest BCUT2D eigenvalue weighted by Crippen LogP contribution is 2.18. The molecule has 0 spiro atoms. The molecule has 7 nitrogen and oxygen atoms in total. The lowest BCUT2D eigenvalue weighted by molar-refractivity contribution is -0.116. The second kappa shape index (κ2) is 6.66. The van der Waals surface area contributed by atoms with Crippen molar-refractivity contribution < 1.29 is 9.32 Å². The van der Waals surface area contributed by atoms with Crippen molar-refractivity contribution in [3.63, 3.8) is 0 Å². The van der Waals surface area contributed by atoms with E-state index in [-0.39, 0.29) is 12.3 Å². The van der Waals surface area contributed by atoms with Gasteiger partial charge in [-0.05, 0) is 32.9 Å². The van der Waals surface area contributed by atoms with Crippen LogP contribution in [0.5, 0.6) is 0 Å². The van der Waals surface area contributed by atoms with E-state index in [1.54, 1.807) is 11.6 Å². The van der Waals surface area contributed by atoms with Gasteiger partial charge in [0.25, 0.3) is 0 Å². The van der Waals surface area contributed by atoms with Crippen molar-refractivity contribution in [2.24, 2.45) is 0 Å². The summed E-state index contributed by atoms with van der Waals surface area (Å²) in [5, 5.41) is 11.1. The molecule has 1 amide bonds. The predicted molar refractivity (Wildman–Crippen MR) is 89.0 cm³/mol. The van der Waals surface area contributed by atoms with Gasteiger partial charge in [0.05, 0.1) is 11.4 Å². The van der Waals surface area contributed by atoms with Crippen LogP contribution < -0.4 is 5.32 Å². The number of carbonyl (C=O) groups is 1. The summed E-state index contributed by atoms with van der Waals surface area (Å²) in [6, 6.07) is 9.80. The van der Waals surface area contributed by atoms with Crippen molar-refractivity contribution in [1.82, 2.24) is 19.9 Å². The zero-order valence-electron chi connectivity index (χ0n) is 13.9. The lowest BCUT2D eigenvalue weighted by Crippen LogP contribution is -2.15. The number of benzene rings is 1.